The summed E-state index contributed by atoms with van der Waals surface area (Å²) in [7, 11) is 0. The Bertz CT molecular complexity index is 390. The minimum atomic E-state index is 0.838. The van der Waals surface area contributed by atoms with Gasteiger partial charge in [0.25, 0.3) is 0 Å². The second-order valence-corrected chi connectivity index (χ2v) is 6.66. The lowest BCUT2D eigenvalue weighted by Gasteiger charge is -2.44. The molecule has 0 N–H and O–H groups in total. The van der Waals surface area contributed by atoms with Gasteiger partial charge in [0, 0.05) is 44.0 Å². The van der Waals surface area contributed by atoms with Gasteiger partial charge in [0.2, 0.25) is 0 Å². The molecular weight excluding hydrogens is 242 g/mol. The molecule has 100 valence electrons. The van der Waals surface area contributed by atoms with Crippen LogP contribution in [0.1, 0.15) is 30.0 Å². The predicted octanol–water partition coefficient (Wildman–Crippen LogP) is 2.16. The van der Waals surface area contributed by atoms with Crippen LogP contribution in [0.25, 0.3) is 0 Å². The van der Waals surface area contributed by atoms with E-state index in [9.17, 15) is 0 Å². The summed E-state index contributed by atoms with van der Waals surface area (Å²) in [5, 5.41) is 3.41. The molecule has 1 aromatic heterocycles. The van der Waals surface area contributed by atoms with Crippen LogP contribution in [0.4, 0.5) is 0 Å². The molecule has 2 fully saturated rings. The van der Waals surface area contributed by atoms with Gasteiger partial charge >= 0.3 is 0 Å². The van der Waals surface area contributed by atoms with Gasteiger partial charge in [-0.25, -0.2) is 4.98 Å². The molecule has 0 amide bonds. The minimum absolute atomic E-state index is 0.838. The van der Waals surface area contributed by atoms with Crippen LogP contribution in [0.2, 0.25) is 0 Å². The number of hydrogen-bond donors (Lipinski definition) is 0. The van der Waals surface area contributed by atoms with Crippen LogP contribution < -0.4 is 0 Å². The maximum atomic E-state index is 4.56. The van der Waals surface area contributed by atoms with E-state index >= 15 is 0 Å². The Kier molecular flexibility index (Phi) is 3.97. The second-order valence-electron chi connectivity index (χ2n) is 5.59. The highest BCUT2D eigenvalue weighted by Crippen LogP contribution is 2.21. The Morgan fingerprint density at radius 3 is 3.11 bits per heavy atom. The van der Waals surface area contributed by atoms with Crippen LogP contribution in [-0.2, 0) is 6.42 Å². The Hall–Kier alpha value is -0.450. The van der Waals surface area contributed by atoms with Crippen molar-refractivity contribution in [1.82, 2.24) is 14.8 Å². The Balaban J connectivity index is 1.49. The predicted molar refractivity (Wildman–Crippen MR) is 76.2 cm³/mol. The lowest BCUT2D eigenvalue weighted by molar-refractivity contribution is 0.0499. The SMILES string of the molecule is Cc1nc(CCN2CCN3CCCCC3C2)cs1. The molecule has 2 saturated heterocycles. The first-order chi connectivity index (χ1) is 8.81. The number of piperazine rings is 1. The van der Waals surface area contributed by atoms with E-state index in [2.05, 4.69) is 27.1 Å². The highest BCUT2D eigenvalue weighted by molar-refractivity contribution is 7.09. The van der Waals surface area contributed by atoms with Crippen LogP contribution in [0.15, 0.2) is 5.38 Å². The third-order valence-electron chi connectivity index (χ3n) is 4.27. The van der Waals surface area contributed by atoms with E-state index in [0.29, 0.717) is 0 Å². The van der Waals surface area contributed by atoms with Crippen molar-refractivity contribution in [2.45, 2.75) is 38.6 Å². The van der Waals surface area contributed by atoms with Crippen LogP contribution in [-0.4, -0.2) is 53.5 Å². The molecule has 0 saturated carbocycles. The molecule has 0 radical (unpaired) electrons. The van der Waals surface area contributed by atoms with E-state index in [1.807, 2.05) is 0 Å². The second kappa shape index (κ2) is 5.68. The average molecular weight is 265 g/mol. The maximum Gasteiger partial charge on any atom is 0.0897 e. The standard InChI is InChI=1S/C14H23N3S/c1-12-15-13(11-18-12)5-7-16-8-9-17-6-3-2-4-14(17)10-16/h11,14H,2-10H2,1H3. The molecule has 3 rings (SSSR count). The summed E-state index contributed by atoms with van der Waals surface area (Å²) in [6, 6.07) is 0.838. The Labute approximate surface area is 114 Å². The zero-order valence-electron chi connectivity index (χ0n) is 11.3. The third-order valence-corrected chi connectivity index (χ3v) is 5.09. The Morgan fingerprint density at radius 1 is 1.33 bits per heavy atom. The van der Waals surface area contributed by atoms with Gasteiger partial charge in [-0.1, -0.05) is 6.42 Å². The van der Waals surface area contributed by atoms with Crippen molar-refractivity contribution in [2.24, 2.45) is 0 Å². The van der Waals surface area contributed by atoms with Crippen molar-refractivity contribution in [3.05, 3.63) is 16.1 Å². The normalized spacial score (nSPS) is 26.2. The molecule has 1 aromatic rings. The van der Waals surface area contributed by atoms with E-state index in [1.54, 1.807) is 11.3 Å². The monoisotopic (exact) mass is 265 g/mol. The summed E-state index contributed by atoms with van der Waals surface area (Å²) in [4.78, 5) is 9.90. The summed E-state index contributed by atoms with van der Waals surface area (Å²) >= 11 is 1.77. The number of hydrogen-bond acceptors (Lipinski definition) is 4. The van der Waals surface area contributed by atoms with Gasteiger partial charge in [-0.05, 0) is 26.3 Å². The number of thiazole rings is 1. The van der Waals surface area contributed by atoms with Crippen LogP contribution in [0.5, 0.6) is 0 Å². The molecule has 18 heavy (non-hydrogen) atoms. The number of rotatable bonds is 3. The van der Waals surface area contributed by atoms with Gasteiger partial charge in [-0.15, -0.1) is 11.3 Å². The molecule has 0 aromatic carbocycles. The minimum Gasteiger partial charge on any atom is -0.300 e. The van der Waals surface area contributed by atoms with Gasteiger partial charge in [-0.3, -0.25) is 4.90 Å². The number of fused-ring (bicyclic) bond motifs is 1. The molecule has 3 nitrogen and oxygen atoms in total. The molecule has 4 heteroatoms. The maximum absolute atomic E-state index is 4.56. The van der Waals surface area contributed by atoms with Gasteiger partial charge < -0.3 is 4.90 Å². The number of aryl methyl sites for hydroxylation is 1. The molecular formula is C14H23N3S. The summed E-state index contributed by atoms with van der Waals surface area (Å²) in [5.74, 6) is 0. The molecule has 0 bridgehead atoms. The molecule has 2 aliphatic heterocycles. The van der Waals surface area contributed by atoms with Crippen molar-refractivity contribution in [3.8, 4) is 0 Å². The van der Waals surface area contributed by atoms with Gasteiger partial charge in [0.1, 0.15) is 0 Å². The van der Waals surface area contributed by atoms with E-state index in [1.165, 1.54) is 62.7 Å². The molecule has 1 unspecified atom stereocenters. The zero-order chi connectivity index (χ0) is 12.4. The van der Waals surface area contributed by atoms with Crippen LogP contribution >= 0.6 is 11.3 Å². The first-order valence-corrected chi connectivity index (χ1v) is 8.06. The molecule has 0 aliphatic carbocycles. The van der Waals surface area contributed by atoms with E-state index in [0.717, 1.165) is 12.5 Å². The topological polar surface area (TPSA) is 19.4 Å². The number of aromatic nitrogens is 1. The van der Waals surface area contributed by atoms with Gasteiger partial charge in [0.15, 0.2) is 0 Å². The fraction of sp³-hybridized carbons (Fsp3) is 0.786. The highest BCUT2D eigenvalue weighted by Gasteiger charge is 2.28. The van der Waals surface area contributed by atoms with Crippen LogP contribution in [0.3, 0.4) is 0 Å². The van der Waals surface area contributed by atoms with Crippen molar-refractivity contribution in [3.63, 3.8) is 0 Å². The third kappa shape index (κ3) is 2.92. The lowest BCUT2D eigenvalue weighted by Crippen LogP contribution is -2.55. The lowest BCUT2D eigenvalue weighted by atomic mass is 9.99. The first-order valence-electron chi connectivity index (χ1n) is 7.19. The molecule has 3 heterocycles. The first kappa shape index (κ1) is 12.6. The van der Waals surface area contributed by atoms with E-state index < -0.39 is 0 Å². The largest absolute Gasteiger partial charge is 0.300 e. The summed E-state index contributed by atoms with van der Waals surface area (Å²) in [6.45, 7) is 8.43. The Morgan fingerprint density at radius 2 is 2.28 bits per heavy atom. The van der Waals surface area contributed by atoms with Gasteiger partial charge in [-0.2, -0.15) is 0 Å². The summed E-state index contributed by atoms with van der Waals surface area (Å²) < 4.78 is 0. The molecule has 0 spiro atoms. The number of nitrogens with zero attached hydrogens (tertiary/aromatic N) is 3. The molecule has 1 atom stereocenters. The number of piperidine rings is 1. The van der Waals surface area contributed by atoms with E-state index in [4.69, 9.17) is 0 Å². The highest BCUT2D eigenvalue weighted by atomic mass is 32.1. The van der Waals surface area contributed by atoms with Crippen molar-refractivity contribution in [1.29, 1.82) is 0 Å². The fourth-order valence-corrected chi connectivity index (χ4v) is 3.87. The van der Waals surface area contributed by atoms with Crippen LogP contribution in [0, 0.1) is 6.92 Å². The smallest absolute Gasteiger partial charge is 0.0897 e. The summed E-state index contributed by atoms with van der Waals surface area (Å²) in [5.41, 5.74) is 1.28. The van der Waals surface area contributed by atoms with Crippen molar-refractivity contribution >= 4 is 11.3 Å². The van der Waals surface area contributed by atoms with Gasteiger partial charge in [0.05, 0.1) is 10.7 Å². The summed E-state index contributed by atoms with van der Waals surface area (Å²) in [6.07, 6.45) is 5.37. The zero-order valence-corrected chi connectivity index (χ0v) is 12.1. The van der Waals surface area contributed by atoms with Crippen molar-refractivity contribution < 1.29 is 0 Å². The average Bonchev–Trinajstić information content (AvgIpc) is 2.82. The van der Waals surface area contributed by atoms with Crippen molar-refractivity contribution in [2.75, 3.05) is 32.7 Å². The fourth-order valence-electron chi connectivity index (χ4n) is 3.22. The van der Waals surface area contributed by atoms with E-state index in [-0.39, 0.29) is 0 Å². The molecule has 2 aliphatic rings. The quantitative estimate of drug-likeness (QED) is 0.835.